The Morgan fingerprint density at radius 1 is 1.00 bits per heavy atom. The van der Waals surface area contributed by atoms with E-state index < -0.39 is 0 Å². The fourth-order valence-electron chi connectivity index (χ4n) is 2.54. The summed E-state index contributed by atoms with van der Waals surface area (Å²) in [6, 6.07) is 14.4. The van der Waals surface area contributed by atoms with Crippen molar-refractivity contribution in [2.75, 3.05) is 0 Å². The van der Waals surface area contributed by atoms with Gasteiger partial charge in [0.2, 0.25) is 0 Å². The van der Waals surface area contributed by atoms with Gasteiger partial charge in [-0.05, 0) is 28.4 Å². The van der Waals surface area contributed by atoms with Gasteiger partial charge in [0.15, 0.2) is 0 Å². The third-order valence-corrected chi connectivity index (χ3v) is 3.44. The highest BCUT2D eigenvalue weighted by Crippen LogP contribution is 2.32. The lowest BCUT2D eigenvalue weighted by Crippen LogP contribution is -2.01. The molecule has 2 heterocycles. The highest BCUT2D eigenvalue weighted by molar-refractivity contribution is 6.39. The van der Waals surface area contributed by atoms with Gasteiger partial charge in [-0.25, -0.2) is 0 Å². The maximum absolute atomic E-state index is 5.93. The fourth-order valence-corrected chi connectivity index (χ4v) is 2.54. The van der Waals surface area contributed by atoms with Gasteiger partial charge in [0.25, 0.3) is 0 Å². The summed E-state index contributed by atoms with van der Waals surface area (Å²) in [7, 11) is 2.05. The van der Waals surface area contributed by atoms with Gasteiger partial charge in [-0.15, -0.1) is 0 Å². The molecular weight excluding hydrogens is 221 g/mol. The summed E-state index contributed by atoms with van der Waals surface area (Å²) in [5.41, 5.74) is 3.89. The predicted octanol–water partition coefficient (Wildman–Crippen LogP) is 2.39. The average Bonchev–Trinajstić information content (AvgIpc) is 2.79. The first-order valence-corrected chi connectivity index (χ1v) is 6.00. The fraction of sp³-hybridized carbons (Fsp3) is 0. The van der Waals surface area contributed by atoms with Crippen LogP contribution in [0.1, 0.15) is 0 Å². The van der Waals surface area contributed by atoms with Gasteiger partial charge < -0.3 is 4.42 Å². The van der Waals surface area contributed by atoms with E-state index in [0.29, 0.717) is 0 Å². The summed E-state index contributed by atoms with van der Waals surface area (Å²) in [5.74, 6) is 0. The van der Waals surface area contributed by atoms with Crippen LogP contribution in [0, 0.1) is 0 Å². The first kappa shape index (κ1) is 9.72. The first-order chi connectivity index (χ1) is 8.84. The van der Waals surface area contributed by atoms with Crippen LogP contribution in [0.5, 0.6) is 0 Å². The van der Waals surface area contributed by atoms with E-state index in [1.807, 2.05) is 18.3 Å². The zero-order valence-electron chi connectivity index (χ0n) is 9.97. The number of aromatic nitrogens is 1. The Balaban J connectivity index is 2.37. The quantitative estimate of drug-likeness (QED) is 0.434. The highest BCUT2D eigenvalue weighted by Gasteiger charge is 2.12. The smallest absolute Gasteiger partial charge is 0.147 e. The Hall–Kier alpha value is -2.29. The van der Waals surface area contributed by atoms with Crippen LogP contribution in [-0.4, -0.2) is 12.8 Å². The van der Waals surface area contributed by atoms with Crippen molar-refractivity contribution in [1.82, 2.24) is 4.98 Å². The number of rotatable bonds is 0. The highest BCUT2D eigenvalue weighted by atomic mass is 16.3. The van der Waals surface area contributed by atoms with Crippen LogP contribution < -0.4 is 5.46 Å². The zero-order valence-corrected chi connectivity index (χ0v) is 9.97. The van der Waals surface area contributed by atoms with Crippen molar-refractivity contribution < 1.29 is 4.42 Å². The largest absolute Gasteiger partial charge is 0.455 e. The minimum absolute atomic E-state index is 0.892. The minimum Gasteiger partial charge on any atom is -0.455 e. The Kier molecular flexibility index (Phi) is 1.81. The molecule has 0 amide bonds. The Bertz CT molecular complexity index is 895. The van der Waals surface area contributed by atoms with E-state index >= 15 is 0 Å². The van der Waals surface area contributed by atoms with Crippen LogP contribution in [0.3, 0.4) is 0 Å². The summed E-state index contributed by atoms with van der Waals surface area (Å²) in [6.45, 7) is 0. The molecule has 84 valence electrons. The summed E-state index contributed by atoms with van der Waals surface area (Å²) >= 11 is 0. The molecule has 0 aliphatic rings. The van der Waals surface area contributed by atoms with Crippen LogP contribution in [0.25, 0.3) is 32.8 Å². The number of benzene rings is 2. The van der Waals surface area contributed by atoms with Crippen molar-refractivity contribution >= 4 is 46.2 Å². The summed E-state index contributed by atoms with van der Waals surface area (Å²) in [6.07, 6.45) is 1.84. The number of furan rings is 1. The van der Waals surface area contributed by atoms with E-state index in [1.165, 1.54) is 10.8 Å². The van der Waals surface area contributed by atoms with E-state index in [4.69, 9.17) is 4.42 Å². The van der Waals surface area contributed by atoms with Crippen molar-refractivity contribution in [3.05, 3.63) is 48.7 Å². The molecule has 2 aromatic heterocycles. The van der Waals surface area contributed by atoms with Crippen LogP contribution in [0.4, 0.5) is 0 Å². The molecule has 0 bridgehead atoms. The second-order valence-corrected chi connectivity index (χ2v) is 4.57. The summed E-state index contributed by atoms with van der Waals surface area (Å²) < 4.78 is 5.93. The lowest BCUT2D eigenvalue weighted by Gasteiger charge is -1.97. The van der Waals surface area contributed by atoms with E-state index in [1.54, 1.807) is 0 Å². The maximum atomic E-state index is 5.93. The molecule has 0 saturated carbocycles. The van der Waals surface area contributed by atoms with E-state index in [0.717, 1.165) is 27.5 Å². The zero-order chi connectivity index (χ0) is 12.1. The third-order valence-electron chi connectivity index (χ3n) is 3.44. The van der Waals surface area contributed by atoms with E-state index in [9.17, 15) is 0 Å². The van der Waals surface area contributed by atoms with Gasteiger partial charge in [-0.3, -0.25) is 4.98 Å². The third kappa shape index (κ3) is 1.16. The number of hydrogen-bond donors (Lipinski definition) is 0. The molecule has 2 nitrogen and oxygen atoms in total. The topological polar surface area (TPSA) is 26.0 Å². The molecule has 0 atom stereocenters. The molecule has 0 aliphatic carbocycles. The van der Waals surface area contributed by atoms with Gasteiger partial charge in [-0.1, -0.05) is 30.3 Å². The molecule has 0 unspecified atom stereocenters. The minimum atomic E-state index is 0.892. The maximum Gasteiger partial charge on any atom is 0.147 e. The van der Waals surface area contributed by atoms with Gasteiger partial charge in [0.1, 0.15) is 24.5 Å². The van der Waals surface area contributed by atoms with E-state index in [2.05, 4.69) is 43.2 Å². The Morgan fingerprint density at radius 2 is 1.89 bits per heavy atom. The molecule has 0 fully saturated rings. The average molecular weight is 231 g/mol. The number of hydrogen-bond acceptors (Lipinski definition) is 2. The predicted molar refractivity (Wildman–Crippen MR) is 77.2 cm³/mol. The summed E-state index contributed by atoms with van der Waals surface area (Å²) in [5, 5.41) is 3.54. The number of pyridine rings is 1. The van der Waals surface area contributed by atoms with Crippen LogP contribution in [0.2, 0.25) is 0 Å². The monoisotopic (exact) mass is 231 g/mol. The Labute approximate surface area is 105 Å². The van der Waals surface area contributed by atoms with Crippen molar-refractivity contribution in [1.29, 1.82) is 0 Å². The molecule has 0 aliphatic heterocycles. The SMILES string of the molecule is Bc1ccnc2c1oc1ccc3ccccc3c12. The van der Waals surface area contributed by atoms with Crippen molar-refractivity contribution in [2.45, 2.75) is 0 Å². The van der Waals surface area contributed by atoms with Gasteiger partial charge in [0.05, 0.1) is 5.39 Å². The van der Waals surface area contributed by atoms with Gasteiger partial charge >= 0.3 is 0 Å². The van der Waals surface area contributed by atoms with Crippen molar-refractivity contribution in [3.8, 4) is 0 Å². The number of nitrogens with zero attached hydrogens (tertiary/aromatic N) is 1. The molecule has 4 aromatic rings. The van der Waals surface area contributed by atoms with Gasteiger partial charge in [-0.2, -0.15) is 0 Å². The van der Waals surface area contributed by atoms with Crippen molar-refractivity contribution in [2.24, 2.45) is 0 Å². The lowest BCUT2D eigenvalue weighted by atomic mass is 9.96. The lowest BCUT2D eigenvalue weighted by molar-refractivity contribution is 0.671. The number of fused-ring (bicyclic) bond motifs is 5. The second kappa shape index (κ2) is 3.36. The molecule has 18 heavy (non-hydrogen) atoms. The van der Waals surface area contributed by atoms with Crippen molar-refractivity contribution in [3.63, 3.8) is 0 Å². The molecule has 0 radical (unpaired) electrons. The molecule has 4 rings (SSSR count). The van der Waals surface area contributed by atoms with Crippen LogP contribution >= 0.6 is 0 Å². The normalized spacial score (nSPS) is 11.6. The molecule has 0 N–H and O–H groups in total. The molecule has 3 heteroatoms. The molecule has 0 spiro atoms. The van der Waals surface area contributed by atoms with Crippen LogP contribution in [0.15, 0.2) is 53.1 Å². The second-order valence-electron chi connectivity index (χ2n) is 4.57. The molecule has 0 saturated heterocycles. The summed E-state index contributed by atoms with van der Waals surface area (Å²) in [4.78, 5) is 4.49. The first-order valence-electron chi connectivity index (χ1n) is 6.00. The van der Waals surface area contributed by atoms with Gasteiger partial charge in [0, 0.05) is 6.20 Å². The van der Waals surface area contributed by atoms with E-state index in [-0.39, 0.29) is 0 Å². The van der Waals surface area contributed by atoms with Crippen LogP contribution in [-0.2, 0) is 0 Å². The standard InChI is InChI=1S/C15H10BNO/c16-11-7-8-17-14-13-10-4-2-1-3-9(10)5-6-12(13)18-15(11)14/h1-8H,16H2. The molecular formula is C15H10BNO. The molecule has 2 aromatic carbocycles. The Morgan fingerprint density at radius 3 is 2.83 bits per heavy atom.